The highest BCUT2D eigenvalue weighted by molar-refractivity contribution is 7.71. The van der Waals surface area contributed by atoms with E-state index in [4.69, 9.17) is 28.6 Å². The van der Waals surface area contributed by atoms with Crippen LogP contribution in [-0.2, 0) is 17.8 Å². The zero-order valence-electron chi connectivity index (χ0n) is 9.57. The summed E-state index contributed by atoms with van der Waals surface area (Å²) < 4.78 is 6.00. The molecule has 0 saturated heterocycles. The lowest BCUT2D eigenvalue weighted by Gasteiger charge is -2.17. The molecule has 0 radical (unpaired) electrons. The van der Waals surface area contributed by atoms with Gasteiger partial charge in [-0.1, -0.05) is 36.0 Å². The number of nitrogens with zero attached hydrogens (tertiary/aromatic N) is 1. The van der Waals surface area contributed by atoms with Gasteiger partial charge in [0, 0.05) is 28.3 Å². The molecule has 0 atom stereocenters. The number of ether oxygens (including phenoxy) is 1. The van der Waals surface area contributed by atoms with Crippen LogP contribution in [0.25, 0.3) is 11.4 Å². The van der Waals surface area contributed by atoms with Crippen molar-refractivity contribution in [1.29, 1.82) is 0 Å². The quantitative estimate of drug-likeness (QED) is 0.811. The van der Waals surface area contributed by atoms with E-state index in [9.17, 15) is 0 Å². The molecule has 0 saturated carbocycles. The second-order valence-electron chi connectivity index (χ2n) is 4.16. The van der Waals surface area contributed by atoms with Crippen molar-refractivity contribution in [2.75, 3.05) is 6.61 Å². The first kappa shape index (κ1) is 11.8. The summed E-state index contributed by atoms with van der Waals surface area (Å²) in [6.07, 6.45) is 0.842. The lowest BCUT2D eigenvalue weighted by molar-refractivity contribution is 0.108. The van der Waals surface area contributed by atoms with Gasteiger partial charge in [-0.25, -0.2) is 4.98 Å². The van der Waals surface area contributed by atoms with Gasteiger partial charge in [-0.2, -0.15) is 0 Å². The Bertz CT molecular complexity index is 654. The summed E-state index contributed by atoms with van der Waals surface area (Å²) in [6.45, 7) is 1.27. The van der Waals surface area contributed by atoms with Gasteiger partial charge in [0.2, 0.25) is 0 Å². The zero-order chi connectivity index (χ0) is 12.5. The van der Waals surface area contributed by atoms with Gasteiger partial charge in [0.15, 0.2) is 0 Å². The van der Waals surface area contributed by atoms with Gasteiger partial charge in [0.25, 0.3) is 0 Å². The molecule has 0 unspecified atom stereocenters. The highest BCUT2D eigenvalue weighted by atomic mass is 35.5. The van der Waals surface area contributed by atoms with Crippen molar-refractivity contribution < 1.29 is 4.74 Å². The Morgan fingerprint density at radius 2 is 2.28 bits per heavy atom. The first-order valence-corrected chi connectivity index (χ1v) is 6.48. The SMILES string of the molecule is S=c1nc(-c2cccc(Cl)c2)[nH]c2c1COCC2. The summed E-state index contributed by atoms with van der Waals surface area (Å²) >= 11 is 11.3. The van der Waals surface area contributed by atoms with E-state index < -0.39 is 0 Å². The molecule has 2 heterocycles. The van der Waals surface area contributed by atoms with E-state index >= 15 is 0 Å². The van der Waals surface area contributed by atoms with E-state index in [-0.39, 0.29) is 0 Å². The van der Waals surface area contributed by atoms with Gasteiger partial charge in [-0.05, 0) is 12.1 Å². The van der Waals surface area contributed by atoms with Gasteiger partial charge in [-0.3, -0.25) is 0 Å². The molecule has 3 nitrogen and oxygen atoms in total. The number of benzene rings is 1. The summed E-state index contributed by atoms with van der Waals surface area (Å²) in [5, 5.41) is 0.690. The number of rotatable bonds is 1. The normalized spacial score (nSPS) is 14.3. The predicted molar refractivity (Wildman–Crippen MR) is 73.2 cm³/mol. The lowest BCUT2D eigenvalue weighted by Crippen LogP contribution is -2.14. The Kier molecular flexibility index (Phi) is 3.16. The molecule has 1 aliphatic rings. The highest BCUT2D eigenvalue weighted by Gasteiger charge is 2.14. The van der Waals surface area contributed by atoms with E-state index in [1.807, 2.05) is 24.3 Å². The number of aromatic amines is 1. The van der Waals surface area contributed by atoms with E-state index in [0.717, 1.165) is 35.7 Å². The summed E-state index contributed by atoms with van der Waals surface area (Å²) in [5.41, 5.74) is 3.07. The Balaban J connectivity index is 2.14. The fourth-order valence-electron chi connectivity index (χ4n) is 2.03. The van der Waals surface area contributed by atoms with Crippen LogP contribution in [0.4, 0.5) is 0 Å². The Hall–Kier alpha value is -1.23. The van der Waals surface area contributed by atoms with Crippen molar-refractivity contribution in [2.24, 2.45) is 0 Å². The van der Waals surface area contributed by atoms with Gasteiger partial charge in [-0.15, -0.1) is 0 Å². The van der Waals surface area contributed by atoms with Gasteiger partial charge < -0.3 is 9.72 Å². The van der Waals surface area contributed by atoms with E-state index in [1.165, 1.54) is 0 Å². The standard InChI is InChI=1S/C13H11ClN2OS/c14-9-3-1-2-8(6-9)12-15-11-4-5-17-7-10(11)13(18)16-12/h1-3,6H,4-5,7H2,(H,15,16,18). The monoisotopic (exact) mass is 278 g/mol. The minimum atomic E-state index is 0.549. The number of fused-ring (bicyclic) bond motifs is 1. The average Bonchev–Trinajstić information content (AvgIpc) is 2.39. The van der Waals surface area contributed by atoms with Crippen LogP contribution in [0.2, 0.25) is 5.02 Å². The predicted octanol–water partition coefficient (Wildman–Crippen LogP) is 3.53. The average molecular weight is 279 g/mol. The number of nitrogens with one attached hydrogen (secondary N) is 1. The van der Waals surface area contributed by atoms with Crippen LogP contribution < -0.4 is 0 Å². The van der Waals surface area contributed by atoms with Gasteiger partial charge in [0.1, 0.15) is 10.5 Å². The van der Waals surface area contributed by atoms with Crippen LogP contribution in [0.1, 0.15) is 11.3 Å². The van der Waals surface area contributed by atoms with Gasteiger partial charge in [0.05, 0.1) is 13.2 Å². The van der Waals surface area contributed by atoms with Crippen molar-refractivity contribution in [2.45, 2.75) is 13.0 Å². The number of hydrogen-bond acceptors (Lipinski definition) is 3. The maximum atomic E-state index is 5.99. The van der Waals surface area contributed by atoms with Crippen molar-refractivity contribution in [3.8, 4) is 11.4 Å². The molecule has 0 fully saturated rings. The molecule has 18 heavy (non-hydrogen) atoms. The van der Waals surface area contributed by atoms with Crippen molar-refractivity contribution in [3.05, 3.63) is 45.2 Å². The minimum absolute atomic E-state index is 0.549. The van der Waals surface area contributed by atoms with E-state index in [1.54, 1.807) is 0 Å². The zero-order valence-corrected chi connectivity index (χ0v) is 11.1. The minimum Gasteiger partial charge on any atom is -0.376 e. The smallest absolute Gasteiger partial charge is 0.139 e. The van der Waals surface area contributed by atoms with Crippen molar-refractivity contribution in [3.63, 3.8) is 0 Å². The Labute approximate surface area is 115 Å². The molecule has 1 N–H and O–H groups in total. The molecule has 92 valence electrons. The summed E-state index contributed by atoms with van der Waals surface area (Å²) in [5.74, 6) is 0.767. The van der Waals surface area contributed by atoms with Crippen molar-refractivity contribution >= 4 is 23.8 Å². The fourth-order valence-corrected chi connectivity index (χ4v) is 2.49. The Morgan fingerprint density at radius 1 is 1.39 bits per heavy atom. The Morgan fingerprint density at radius 3 is 3.11 bits per heavy atom. The van der Waals surface area contributed by atoms with Crippen LogP contribution in [0.3, 0.4) is 0 Å². The number of aromatic nitrogens is 2. The molecule has 1 aromatic carbocycles. The van der Waals surface area contributed by atoms with E-state index in [0.29, 0.717) is 16.3 Å². The van der Waals surface area contributed by atoms with E-state index in [2.05, 4.69) is 9.97 Å². The summed E-state index contributed by atoms with van der Waals surface area (Å²) in [6, 6.07) is 7.58. The van der Waals surface area contributed by atoms with Crippen LogP contribution >= 0.6 is 23.8 Å². The lowest BCUT2D eigenvalue weighted by atomic mass is 10.1. The van der Waals surface area contributed by atoms with Crippen LogP contribution in [-0.4, -0.2) is 16.6 Å². The largest absolute Gasteiger partial charge is 0.376 e. The second kappa shape index (κ2) is 4.80. The molecule has 1 aromatic heterocycles. The first-order chi connectivity index (χ1) is 8.74. The van der Waals surface area contributed by atoms with Crippen molar-refractivity contribution in [1.82, 2.24) is 9.97 Å². The highest BCUT2D eigenvalue weighted by Crippen LogP contribution is 2.23. The molecule has 0 bridgehead atoms. The van der Waals surface area contributed by atoms with Crippen LogP contribution in [0, 0.1) is 4.64 Å². The molecular weight excluding hydrogens is 268 g/mol. The maximum Gasteiger partial charge on any atom is 0.139 e. The molecule has 3 rings (SSSR count). The van der Waals surface area contributed by atoms with Crippen LogP contribution in [0.15, 0.2) is 24.3 Å². The third kappa shape index (κ3) is 2.19. The molecule has 0 aliphatic carbocycles. The molecule has 1 aliphatic heterocycles. The molecule has 2 aromatic rings. The third-order valence-electron chi connectivity index (χ3n) is 2.95. The maximum absolute atomic E-state index is 5.99. The molecule has 0 amide bonds. The molecule has 5 heteroatoms. The van der Waals surface area contributed by atoms with Gasteiger partial charge >= 0.3 is 0 Å². The fraction of sp³-hybridized carbons (Fsp3) is 0.231. The van der Waals surface area contributed by atoms with Crippen LogP contribution in [0.5, 0.6) is 0 Å². The molecular formula is C13H11ClN2OS. The number of halogens is 1. The topological polar surface area (TPSA) is 37.9 Å². The third-order valence-corrected chi connectivity index (χ3v) is 3.52. The number of hydrogen-bond donors (Lipinski definition) is 1. The number of H-pyrrole nitrogens is 1. The first-order valence-electron chi connectivity index (χ1n) is 5.70. The summed E-state index contributed by atoms with van der Waals surface area (Å²) in [4.78, 5) is 7.75. The second-order valence-corrected chi connectivity index (χ2v) is 4.98. The molecule has 0 spiro atoms. The summed E-state index contributed by atoms with van der Waals surface area (Å²) in [7, 11) is 0.